The Balaban J connectivity index is 0.818. The molecule has 5 aromatic rings. The Kier molecular flexibility index (Phi) is 12.1. The third kappa shape index (κ3) is 8.59. The summed E-state index contributed by atoms with van der Waals surface area (Å²) in [6, 6.07) is 21.2. The zero-order chi connectivity index (χ0) is 49.5. The Hall–Kier alpha value is -5.99. The normalized spacial score (nSPS) is 24.6. The molecule has 72 heavy (non-hydrogen) atoms. The summed E-state index contributed by atoms with van der Waals surface area (Å²) < 4.78 is 49.5. The Morgan fingerprint density at radius 3 is 2.56 bits per heavy atom. The molecule has 1 amide bonds. The molecule has 4 saturated heterocycles. The largest absolute Gasteiger partial charge is 0.489 e. The average molecular weight is 1000 g/mol. The molecular formula is C53H64N10O8S. The number of sulfonamides is 1. The smallest absolute Gasteiger partial charge is 0.297 e. The van der Waals surface area contributed by atoms with Crippen LogP contribution in [0.3, 0.4) is 0 Å². The van der Waals surface area contributed by atoms with Gasteiger partial charge in [-0.2, -0.15) is 4.98 Å². The second-order valence-electron chi connectivity index (χ2n) is 21.6. The summed E-state index contributed by atoms with van der Waals surface area (Å²) in [5, 5.41) is 16.6. The molecule has 1 saturated carbocycles. The van der Waals surface area contributed by atoms with E-state index in [2.05, 4.69) is 79.8 Å². The van der Waals surface area contributed by atoms with Gasteiger partial charge in [0.05, 0.1) is 46.4 Å². The molecule has 3 aromatic carbocycles. The third-order valence-corrected chi connectivity index (χ3v) is 18.0. The van der Waals surface area contributed by atoms with Crippen LogP contribution in [-0.4, -0.2) is 147 Å². The van der Waals surface area contributed by atoms with E-state index < -0.39 is 37.5 Å². The van der Waals surface area contributed by atoms with Crippen molar-refractivity contribution in [2.75, 3.05) is 94.3 Å². The van der Waals surface area contributed by atoms with Gasteiger partial charge in [-0.3, -0.25) is 24.7 Å². The molecule has 7 aliphatic rings. The first-order valence-electron chi connectivity index (χ1n) is 25.7. The number of likely N-dealkylation sites (tertiary alicyclic amines) is 1. The zero-order valence-corrected chi connectivity index (χ0v) is 42.0. The molecule has 8 heterocycles. The molecule has 5 fully saturated rings. The fraction of sp³-hybridized carbons (Fsp3) is 0.509. The highest BCUT2D eigenvalue weighted by molar-refractivity contribution is 7.90. The van der Waals surface area contributed by atoms with E-state index in [0.717, 1.165) is 75.8 Å². The minimum Gasteiger partial charge on any atom is -0.489 e. The number of carbonyl (C=O) groups is 1. The summed E-state index contributed by atoms with van der Waals surface area (Å²) in [6.07, 6.45) is 8.33. The number of fused-ring (bicyclic) bond motifs is 4. The van der Waals surface area contributed by atoms with Gasteiger partial charge in [0.25, 0.3) is 21.6 Å². The molecule has 2 aromatic heterocycles. The van der Waals surface area contributed by atoms with Crippen LogP contribution in [0.5, 0.6) is 11.6 Å². The Labute approximate surface area is 420 Å². The lowest BCUT2D eigenvalue weighted by Crippen LogP contribution is -2.55. The number of likely N-dealkylation sites (N-methyl/N-ethyl adjacent to an activating group) is 1. The summed E-state index contributed by atoms with van der Waals surface area (Å²) >= 11 is 0. The minimum absolute atomic E-state index is 0.0332. The van der Waals surface area contributed by atoms with Crippen molar-refractivity contribution in [2.45, 2.75) is 93.5 Å². The highest BCUT2D eigenvalue weighted by atomic mass is 32.2. The van der Waals surface area contributed by atoms with Gasteiger partial charge in [-0.05, 0) is 105 Å². The van der Waals surface area contributed by atoms with Crippen LogP contribution in [0.1, 0.15) is 85.8 Å². The van der Waals surface area contributed by atoms with E-state index in [1.165, 1.54) is 42.9 Å². The van der Waals surface area contributed by atoms with Crippen LogP contribution in [0.15, 0.2) is 77.8 Å². The first kappa shape index (κ1) is 47.0. The molecule has 0 unspecified atom stereocenters. The second-order valence-corrected chi connectivity index (χ2v) is 23.2. The maximum Gasteiger partial charge on any atom is 0.297 e. The molecule has 1 aliphatic carbocycles. The van der Waals surface area contributed by atoms with Crippen molar-refractivity contribution in [3.63, 3.8) is 0 Å². The summed E-state index contributed by atoms with van der Waals surface area (Å²) in [6.45, 7) is 12.4. The lowest BCUT2D eigenvalue weighted by atomic mass is 9.59. The summed E-state index contributed by atoms with van der Waals surface area (Å²) in [4.78, 5) is 46.0. The van der Waals surface area contributed by atoms with Gasteiger partial charge in [-0.15, -0.1) is 0 Å². The number of piperidine rings is 1. The van der Waals surface area contributed by atoms with E-state index in [9.17, 15) is 23.3 Å². The number of hydrogen-bond donors (Lipinski definition) is 3. The maximum absolute atomic E-state index is 14.8. The van der Waals surface area contributed by atoms with E-state index in [0.29, 0.717) is 60.7 Å². The van der Waals surface area contributed by atoms with Gasteiger partial charge >= 0.3 is 0 Å². The number of carbonyl (C=O) groups excluding carboxylic acids is 1. The first-order valence-corrected chi connectivity index (χ1v) is 27.2. The topological polar surface area (TPSA) is 191 Å². The molecule has 4 atom stereocenters. The van der Waals surface area contributed by atoms with Gasteiger partial charge in [0, 0.05) is 87.3 Å². The SMILES string of the molecule is CC(C)c1ccccc1[C@@H]1CCCN1C1CC2(CCN(c3ccc(C(=O)NS(=O)(=O)c4cc5c(c([N+](=O)[O-])c4)N[C@H](CN4CCN(C)CC4)CO5)c(N4c5cc6cc[nH]c6nc5O[C@H]5COC[C@@H]54)c3)CC2)C1. The van der Waals surface area contributed by atoms with Crippen molar-refractivity contribution >= 4 is 55.4 Å². The number of aromatic amines is 1. The van der Waals surface area contributed by atoms with Crippen LogP contribution in [0, 0.1) is 15.5 Å². The predicted molar refractivity (Wildman–Crippen MR) is 274 cm³/mol. The number of amides is 1. The van der Waals surface area contributed by atoms with Gasteiger partial charge in [-0.25, -0.2) is 13.1 Å². The highest BCUT2D eigenvalue weighted by Gasteiger charge is 2.50. The van der Waals surface area contributed by atoms with E-state index in [1.54, 1.807) is 6.07 Å². The number of nitrogens with zero attached hydrogens (tertiary/aromatic N) is 7. The fourth-order valence-electron chi connectivity index (χ4n) is 12.8. The number of benzene rings is 3. The van der Waals surface area contributed by atoms with Crippen molar-refractivity contribution in [1.29, 1.82) is 0 Å². The van der Waals surface area contributed by atoms with Gasteiger partial charge in [0.15, 0.2) is 11.4 Å². The number of nitro groups is 1. The van der Waals surface area contributed by atoms with Crippen molar-refractivity contribution in [3.8, 4) is 11.6 Å². The van der Waals surface area contributed by atoms with Gasteiger partial charge in [0.2, 0.25) is 5.88 Å². The number of aromatic nitrogens is 2. The molecule has 380 valence electrons. The first-order chi connectivity index (χ1) is 34.8. The van der Waals surface area contributed by atoms with Crippen molar-refractivity contribution in [3.05, 3.63) is 99.7 Å². The highest BCUT2D eigenvalue weighted by Crippen LogP contribution is 2.55. The number of ether oxygens (including phenoxy) is 3. The van der Waals surface area contributed by atoms with Crippen LogP contribution in [-0.2, 0) is 14.8 Å². The second kappa shape index (κ2) is 18.5. The molecule has 1 spiro atoms. The standard InChI is InChI=1S/C53H64N10O8S/c1-33(2)39-7-4-5-8-40(39)42-9-6-16-61(42)37-27-53(28-37)13-17-60(18-14-53)36-10-11-41(43(24-36)62-45-23-34-12-15-54-50(34)56-52(45)71-48-32-69-31-46(48)62)51(64)57-72(67,68)38-25-44(63(65)66)49-47(26-38)70-30-35(55-49)29-59-21-19-58(3)20-22-59/h4-5,7-8,10-12,15,23-26,33,35,37,42,46,48,55H,6,9,13-14,16-22,27-32H2,1-3H3,(H,54,56)(H,57,64)/t35-,42+,46+,48+/m1/s1. The molecule has 3 N–H and O–H groups in total. The molecule has 0 radical (unpaired) electrons. The van der Waals surface area contributed by atoms with Crippen molar-refractivity contribution < 1.29 is 32.3 Å². The van der Waals surface area contributed by atoms with Crippen LogP contribution < -0.4 is 29.3 Å². The van der Waals surface area contributed by atoms with Crippen LogP contribution in [0.2, 0.25) is 0 Å². The fourth-order valence-corrected chi connectivity index (χ4v) is 13.8. The third-order valence-electron chi connectivity index (χ3n) is 16.7. The average Bonchev–Trinajstić information content (AvgIpc) is 4.16. The molecule has 12 rings (SSSR count). The molecule has 19 heteroatoms. The number of pyridine rings is 1. The number of H-pyrrole nitrogens is 1. The Morgan fingerprint density at radius 1 is 0.958 bits per heavy atom. The summed E-state index contributed by atoms with van der Waals surface area (Å²) in [5.41, 5.74) is 5.66. The van der Waals surface area contributed by atoms with Gasteiger partial charge < -0.3 is 39.2 Å². The van der Waals surface area contributed by atoms with Crippen molar-refractivity contribution in [1.82, 2.24) is 29.4 Å². The summed E-state index contributed by atoms with van der Waals surface area (Å²) in [5.74, 6) is -0.00205. The maximum atomic E-state index is 14.8. The lowest BCUT2D eigenvalue weighted by molar-refractivity contribution is -0.384. The van der Waals surface area contributed by atoms with E-state index >= 15 is 0 Å². The Morgan fingerprint density at radius 2 is 1.76 bits per heavy atom. The van der Waals surface area contributed by atoms with E-state index in [1.807, 2.05) is 35.4 Å². The molecular weight excluding hydrogens is 937 g/mol. The van der Waals surface area contributed by atoms with Crippen LogP contribution in [0.25, 0.3) is 11.0 Å². The van der Waals surface area contributed by atoms with Crippen LogP contribution in [0.4, 0.5) is 28.4 Å². The van der Waals surface area contributed by atoms with Crippen LogP contribution >= 0.6 is 0 Å². The number of piperazine rings is 1. The Bertz CT molecular complexity index is 3020. The number of nitrogens with one attached hydrogen (secondary N) is 3. The molecule has 18 nitrogen and oxygen atoms in total. The van der Waals surface area contributed by atoms with Crippen molar-refractivity contribution in [2.24, 2.45) is 5.41 Å². The quantitative estimate of drug-likeness (QED) is 0.0904. The minimum atomic E-state index is -4.68. The molecule has 6 aliphatic heterocycles. The van der Waals surface area contributed by atoms with E-state index in [-0.39, 0.29) is 41.1 Å². The zero-order valence-electron chi connectivity index (χ0n) is 41.2. The number of anilines is 4. The van der Waals surface area contributed by atoms with Gasteiger partial charge in [-0.1, -0.05) is 38.1 Å². The summed E-state index contributed by atoms with van der Waals surface area (Å²) in [7, 11) is -2.61. The number of hydrogen-bond acceptors (Lipinski definition) is 15. The predicted octanol–water partition coefficient (Wildman–Crippen LogP) is 7.02. The van der Waals surface area contributed by atoms with Gasteiger partial charge in [0.1, 0.15) is 24.0 Å². The monoisotopic (exact) mass is 1000 g/mol. The number of rotatable bonds is 11. The van der Waals surface area contributed by atoms with E-state index in [4.69, 9.17) is 19.2 Å². The number of nitro benzene ring substituents is 1. The molecule has 0 bridgehead atoms. The lowest BCUT2D eigenvalue weighted by Gasteiger charge is -2.56.